The van der Waals surface area contributed by atoms with Gasteiger partial charge < -0.3 is 0 Å². The van der Waals surface area contributed by atoms with E-state index >= 15 is 0 Å². The first-order valence-electron chi connectivity index (χ1n) is 3.47. The Morgan fingerprint density at radius 3 is 1.07 bits per heavy atom. The monoisotopic (exact) mass is 420 g/mol. The van der Waals surface area contributed by atoms with Crippen LogP contribution in [0.3, 0.4) is 0 Å². The van der Waals surface area contributed by atoms with Crippen molar-refractivity contribution in [2.45, 2.75) is 12.1 Å². The van der Waals surface area contributed by atoms with Gasteiger partial charge in [0.1, 0.15) is 0 Å². The van der Waals surface area contributed by atoms with Gasteiger partial charge in [-0.25, -0.2) is 0 Å². The van der Waals surface area contributed by atoms with E-state index in [4.69, 9.17) is 88.6 Å². The highest BCUT2D eigenvalue weighted by Gasteiger charge is 2.82. The summed E-state index contributed by atoms with van der Waals surface area (Å²) in [6.45, 7) is -2.63. The van der Waals surface area contributed by atoms with Crippen molar-refractivity contribution in [1.82, 2.24) is 0 Å². The van der Waals surface area contributed by atoms with E-state index in [9.17, 15) is 0 Å². The van der Waals surface area contributed by atoms with E-state index < -0.39 is 23.9 Å². The molecule has 0 saturated carbocycles. The minimum atomic E-state index is -3.08. The third kappa shape index (κ3) is 2.21. The second-order valence-corrected chi connectivity index (χ2v) is 54.3. The van der Waals surface area contributed by atoms with E-state index in [-0.39, 0.29) is 0 Å². The minimum absolute atomic E-state index is 0.664. The molecule has 1 fully saturated rings. The van der Waals surface area contributed by atoms with Crippen LogP contribution in [0.5, 0.6) is 0 Å². The van der Waals surface area contributed by atoms with Gasteiger partial charge in [0.05, 0.1) is 0 Å². The zero-order chi connectivity index (χ0) is 11.4. The third-order valence-corrected chi connectivity index (χ3v) is 88.9. The van der Waals surface area contributed by atoms with Gasteiger partial charge in [0.25, 0.3) is 0 Å². The standard InChI is InChI=1S/C2H4Cl8Si4/c3-11(4)1-2-12(11,13(5,6)7)14(8,9)10/h1-2H2. The van der Waals surface area contributed by atoms with Crippen molar-refractivity contribution in [1.29, 1.82) is 0 Å². The predicted molar refractivity (Wildman–Crippen MR) is 79.5 cm³/mol. The van der Waals surface area contributed by atoms with Crippen LogP contribution < -0.4 is 0 Å². The molecule has 1 aliphatic heterocycles. The molecule has 0 N–H and O–H groups in total. The maximum absolute atomic E-state index is 6.23. The van der Waals surface area contributed by atoms with Crippen LogP contribution in [0.1, 0.15) is 0 Å². The van der Waals surface area contributed by atoms with Gasteiger partial charge in [-0.2, -0.15) is 22.2 Å². The zero-order valence-electron chi connectivity index (χ0n) is 6.44. The molecule has 0 atom stereocenters. The van der Waals surface area contributed by atoms with Crippen molar-refractivity contribution in [2.75, 3.05) is 0 Å². The summed E-state index contributed by atoms with van der Waals surface area (Å²) in [7, 11) is 0. The average molecular weight is 424 g/mol. The summed E-state index contributed by atoms with van der Waals surface area (Å²) in [6, 6.07) is 1.35. The molecule has 0 spiro atoms. The maximum Gasteiger partial charge on any atom is 0.327 e. The third-order valence-electron chi connectivity index (χ3n) is 2.41. The molecule has 0 nitrogen and oxygen atoms in total. The molecule has 0 bridgehead atoms. The molecule has 1 aliphatic rings. The Labute approximate surface area is 123 Å². The molecule has 1 saturated heterocycles. The van der Waals surface area contributed by atoms with E-state index in [1.807, 2.05) is 0 Å². The summed E-state index contributed by atoms with van der Waals surface area (Å²) >= 11 is 48.7. The number of halogens is 8. The van der Waals surface area contributed by atoms with Crippen LogP contribution in [0.15, 0.2) is 0 Å². The topological polar surface area (TPSA) is 0 Å². The van der Waals surface area contributed by atoms with E-state index in [1.54, 1.807) is 0 Å². The van der Waals surface area contributed by atoms with Crippen molar-refractivity contribution in [3.63, 3.8) is 0 Å². The van der Waals surface area contributed by atoms with Gasteiger partial charge in [0, 0.05) is 0 Å². The summed E-state index contributed by atoms with van der Waals surface area (Å²) in [5.74, 6) is 0. The highest BCUT2D eigenvalue weighted by atomic mass is 35.9. The van der Waals surface area contributed by atoms with Crippen molar-refractivity contribution in [2.24, 2.45) is 0 Å². The van der Waals surface area contributed by atoms with Crippen molar-refractivity contribution < 1.29 is 0 Å². The molecular formula is C2H4Cl8Si4. The van der Waals surface area contributed by atoms with Gasteiger partial charge in [0.15, 0.2) is 6.63 Å². The highest BCUT2D eigenvalue weighted by molar-refractivity contribution is 8.26. The first kappa shape index (κ1) is 15.2. The summed E-state index contributed by atoms with van der Waals surface area (Å²) in [4.78, 5) is 0. The zero-order valence-corrected chi connectivity index (χ0v) is 16.5. The predicted octanol–water partition coefficient (Wildman–Crippen LogP) is 4.91. The molecule has 0 radical (unpaired) electrons. The molecular weight excluding hydrogens is 420 g/mol. The summed E-state index contributed by atoms with van der Waals surface area (Å²) < 4.78 is 0. The Morgan fingerprint density at radius 1 is 0.714 bits per heavy atom. The largest absolute Gasteiger partial charge is 0.327 e. The van der Waals surface area contributed by atoms with E-state index in [0.29, 0.717) is 12.1 Å². The molecule has 14 heavy (non-hydrogen) atoms. The molecule has 1 rings (SSSR count). The molecule has 1 heterocycles. The van der Waals surface area contributed by atoms with Crippen LogP contribution in [-0.4, -0.2) is 23.9 Å². The molecule has 0 aromatic heterocycles. The van der Waals surface area contributed by atoms with Gasteiger partial charge in [-0.3, -0.25) is 0 Å². The lowest BCUT2D eigenvalue weighted by molar-refractivity contribution is 1.35. The Bertz CT molecular complexity index is 209. The molecule has 0 aliphatic carbocycles. The van der Waals surface area contributed by atoms with Crippen LogP contribution in [0, 0.1) is 0 Å². The van der Waals surface area contributed by atoms with Crippen LogP contribution in [0.25, 0.3) is 0 Å². The Kier molecular flexibility index (Phi) is 4.77. The fourth-order valence-electron chi connectivity index (χ4n) is 1.42. The molecule has 0 aromatic rings. The lowest BCUT2D eigenvalue weighted by atomic mass is 10.9. The summed E-state index contributed by atoms with van der Waals surface area (Å²) in [5, 5.41) is 0. The normalized spacial score (nSPS) is 25.7. The second kappa shape index (κ2) is 4.38. The summed E-state index contributed by atoms with van der Waals surface area (Å²) in [5.41, 5.74) is -6.15. The number of hydrogen-bond acceptors (Lipinski definition) is 0. The van der Waals surface area contributed by atoms with Gasteiger partial charge in [0.2, 0.25) is 6.21 Å². The van der Waals surface area contributed by atoms with Gasteiger partial charge in [-0.05, 0) is 6.04 Å². The average Bonchev–Trinajstić information content (AvgIpc) is 1.78. The smallest absolute Gasteiger partial charge is 0.150 e. The van der Waals surface area contributed by atoms with Crippen LogP contribution in [-0.2, 0) is 0 Å². The van der Waals surface area contributed by atoms with Crippen LogP contribution >= 0.6 is 88.6 Å². The maximum atomic E-state index is 6.23. The number of rotatable bonds is 2. The van der Waals surface area contributed by atoms with Crippen molar-refractivity contribution >= 4 is 113 Å². The van der Waals surface area contributed by atoms with E-state index in [0.717, 1.165) is 0 Å². The first-order valence-corrected chi connectivity index (χ1v) is 23.0. The number of hydrogen-bond donors (Lipinski definition) is 0. The Morgan fingerprint density at radius 2 is 1.07 bits per heavy atom. The van der Waals surface area contributed by atoms with Crippen molar-refractivity contribution in [3.05, 3.63) is 0 Å². The molecule has 84 valence electrons. The van der Waals surface area contributed by atoms with Gasteiger partial charge in [-0.15, -0.1) is 66.5 Å². The Balaban J connectivity index is 3.20. The van der Waals surface area contributed by atoms with Gasteiger partial charge in [-0.1, -0.05) is 6.04 Å². The molecule has 0 amide bonds. The van der Waals surface area contributed by atoms with E-state index in [2.05, 4.69) is 0 Å². The molecule has 12 heteroatoms. The second-order valence-electron chi connectivity index (χ2n) is 3.11. The molecule has 0 unspecified atom stereocenters. The fraction of sp³-hybridized carbons (Fsp3) is 1.00. The van der Waals surface area contributed by atoms with Gasteiger partial charge >= 0.3 is 11.0 Å². The quantitative estimate of drug-likeness (QED) is 0.437. The molecule has 0 aromatic carbocycles. The summed E-state index contributed by atoms with van der Waals surface area (Å²) in [6.07, 6.45) is -2.59. The van der Waals surface area contributed by atoms with Crippen molar-refractivity contribution in [3.8, 4) is 0 Å². The Hall–Kier alpha value is 3.19. The highest BCUT2D eigenvalue weighted by Crippen LogP contribution is 2.60. The SMILES string of the molecule is Cl[Si](Cl)(Cl)[Si]1([Si](Cl)(Cl)Cl)CC[Si]1(Cl)Cl. The minimum Gasteiger partial charge on any atom is -0.150 e. The fourth-order valence-corrected chi connectivity index (χ4v) is 128. The lowest BCUT2D eigenvalue weighted by Gasteiger charge is -2.53. The first-order chi connectivity index (χ1) is 5.96. The van der Waals surface area contributed by atoms with E-state index in [1.165, 1.54) is 0 Å². The van der Waals surface area contributed by atoms with Crippen LogP contribution in [0.4, 0.5) is 0 Å². The van der Waals surface area contributed by atoms with Crippen LogP contribution in [0.2, 0.25) is 12.1 Å². The lowest BCUT2D eigenvalue weighted by Crippen LogP contribution is -2.83.